The summed E-state index contributed by atoms with van der Waals surface area (Å²) in [7, 11) is 1.56. The number of hydrogen-bond acceptors (Lipinski definition) is 6. The van der Waals surface area contributed by atoms with Gasteiger partial charge in [0.2, 0.25) is 5.89 Å². The van der Waals surface area contributed by atoms with Gasteiger partial charge in [0.15, 0.2) is 11.6 Å². The van der Waals surface area contributed by atoms with Crippen LogP contribution >= 0.6 is 0 Å². The molecule has 0 aliphatic carbocycles. The lowest BCUT2D eigenvalue weighted by atomic mass is 10.0. The smallest absolute Gasteiger partial charge is 0.287 e. The largest absolute Gasteiger partial charge is 0.496 e. The first-order valence-corrected chi connectivity index (χ1v) is 7.39. The Kier molecular flexibility index (Phi) is 4.33. The third-order valence-corrected chi connectivity index (χ3v) is 3.49. The van der Waals surface area contributed by atoms with Gasteiger partial charge in [-0.1, -0.05) is 23.4 Å². The van der Waals surface area contributed by atoms with E-state index in [0.717, 1.165) is 5.56 Å². The first-order chi connectivity index (χ1) is 11.6. The average Bonchev–Trinajstić information content (AvgIpc) is 3.21. The molecule has 7 heteroatoms. The zero-order valence-corrected chi connectivity index (χ0v) is 13.6. The molecule has 0 unspecified atom stereocenters. The molecule has 0 bridgehead atoms. The first-order valence-electron chi connectivity index (χ1n) is 7.39. The van der Waals surface area contributed by atoms with Crippen LogP contribution in [0.2, 0.25) is 0 Å². The number of rotatable bonds is 5. The third kappa shape index (κ3) is 3.15. The number of para-hydroxylation sites is 1. The molecule has 1 N–H and O–H groups in total. The summed E-state index contributed by atoms with van der Waals surface area (Å²) in [6.07, 6.45) is 0. The fourth-order valence-corrected chi connectivity index (χ4v) is 2.38. The summed E-state index contributed by atoms with van der Waals surface area (Å²) >= 11 is 0. The molecule has 0 saturated carbocycles. The number of aryl methyl sites for hydroxylation is 2. The Labute approximate surface area is 138 Å². The third-order valence-electron chi connectivity index (χ3n) is 3.49. The molecule has 0 aliphatic heterocycles. The number of nitrogens with one attached hydrogen (secondary N) is 1. The van der Waals surface area contributed by atoms with Gasteiger partial charge in [0.1, 0.15) is 17.6 Å². The van der Waals surface area contributed by atoms with Gasteiger partial charge in [0.05, 0.1) is 7.11 Å². The number of carbonyl (C=O) groups is 1. The first kappa shape index (κ1) is 15.8. The minimum Gasteiger partial charge on any atom is -0.496 e. The number of aromatic nitrogens is 2. The fourth-order valence-electron chi connectivity index (χ4n) is 2.38. The Morgan fingerprint density at radius 2 is 2.00 bits per heavy atom. The Morgan fingerprint density at radius 1 is 1.21 bits per heavy atom. The van der Waals surface area contributed by atoms with Gasteiger partial charge in [-0.05, 0) is 25.1 Å². The zero-order valence-electron chi connectivity index (χ0n) is 13.6. The highest BCUT2D eigenvalue weighted by Crippen LogP contribution is 2.29. The van der Waals surface area contributed by atoms with Crippen LogP contribution in [0.15, 0.2) is 45.3 Å². The van der Waals surface area contributed by atoms with Crippen LogP contribution in [0.25, 0.3) is 0 Å². The van der Waals surface area contributed by atoms with E-state index in [9.17, 15) is 4.79 Å². The van der Waals surface area contributed by atoms with Gasteiger partial charge in [0, 0.05) is 12.5 Å². The van der Waals surface area contributed by atoms with Crippen LogP contribution < -0.4 is 10.1 Å². The van der Waals surface area contributed by atoms with E-state index >= 15 is 0 Å². The van der Waals surface area contributed by atoms with Crippen LogP contribution in [0.4, 0.5) is 0 Å². The predicted molar refractivity (Wildman–Crippen MR) is 84.8 cm³/mol. The van der Waals surface area contributed by atoms with Gasteiger partial charge in [0.25, 0.3) is 5.91 Å². The van der Waals surface area contributed by atoms with E-state index in [-0.39, 0.29) is 11.7 Å². The quantitative estimate of drug-likeness (QED) is 0.775. The van der Waals surface area contributed by atoms with Crippen molar-refractivity contribution in [3.8, 4) is 5.75 Å². The van der Waals surface area contributed by atoms with Gasteiger partial charge in [-0.2, -0.15) is 4.98 Å². The molecule has 7 nitrogen and oxygen atoms in total. The molecule has 0 saturated heterocycles. The summed E-state index contributed by atoms with van der Waals surface area (Å²) in [5.74, 6) is 1.86. The highest BCUT2D eigenvalue weighted by Gasteiger charge is 2.26. The maximum absolute atomic E-state index is 12.5. The number of benzene rings is 1. The summed E-state index contributed by atoms with van der Waals surface area (Å²) in [6.45, 7) is 3.46. The lowest BCUT2D eigenvalue weighted by Gasteiger charge is -2.17. The molecule has 0 spiro atoms. The lowest BCUT2D eigenvalue weighted by Crippen LogP contribution is -2.30. The Bertz CT molecular complexity index is 853. The molecule has 1 atom stereocenters. The van der Waals surface area contributed by atoms with Crippen LogP contribution in [-0.4, -0.2) is 23.2 Å². The Morgan fingerprint density at radius 3 is 2.62 bits per heavy atom. The second kappa shape index (κ2) is 6.57. The van der Waals surface area contributed by atoms with Gasteiger partial charge in [-0.25, -0.2) is 0 Å². The molecule has 2 heterocycles. The molecule has 2 aromatic heterocycles. The van der Waals surface area contributed by atoms with Crippen molar-refractivity contribution in [2.24, 2.45) is 0 Å². The van der Waals surface area contributed by atoms with Gasteiger partial charge >= 0.3 is 0 Å². The van der Waals surface area contributed by atoms with E-state index in [0.29, 0.717) is 23.2 Å². The molecule has 124 valence electrons. The number of nitrogens with zero attached hydrogens (tertiary/aromatic N) is 2. The minimum atomic E-state index is -0.628. The monoisotopic (exact) mass is 327 g/mol. The molecule has 3 rings (SSSR count). The molecule has 0 radical (unpaired) electrons. The van der Waals surface area contributed by atoms with E-state index in [2.05, 4.69) is 15.5 Å². The lowest BCUT2D eigenvalue weighted by molar-refractivity contribution is 0.0911. The van der Waals surface area contributed by atoms with Crippen molar-refractivity contribution in [1.82, 2.24) is 15.5 Å². The van der Waals surface area contributed by atoms with E-state index in [1.165, 1.54) is 0 Å². The maximum atomic E-state index is 12.5. The molecule has 1 amide bonds. The van der Waals surface area contributed by atoms with Crippen LogP contribution in [0.5, 0.6) is 5.75 Å². The number of amides is 1. The number of furan rings is 1. The van der Waals surface area contributed by atoms with E-state index in [1.807, 2.05) is 18.2 Å². The van der Waals surface area contributed by atoms with Crippen LogP contribution in [0, 0.1) is 13.8 Å². The molecular weight excluding hydrogens is 310 g/mol. The second-order valence-electron chi connectivity index (χ2n) is 5.23. The van der Waals surface area contributed by atoms with Crippen molar-refractivity contribution in [1.29, 1.82) is 0 Å². The summed E-state index contributed by atoms with van der Waals surface area (Å²) in [6, 6.07) is 10.1. The van der Waals surface area contributed by atoms with Gasteiger partial charge < -0.3 is 19.0 Å². The molecule has 0 aliphatic rings. The summed E-state index contributed by atoms with van der Waals surface area (Å²) < 4.78 is 15.8. The highest BCUT2D eigenvalue weighted by molar-refractivity contribution is 5.92. The van der Waals surface area contributed by atoms with E-state index < -0.39 is 6.04 Å². The standard InChI is InChI=1S/C17H17N3O4/c1-10-8-9-14(23-10)17(21)19-15(16-18-11(2)24-20-16)12-6-4-5-7-13(12)22-3/h4-9,15H,1-3H3,(H,19,21)/t15-/m1/s1. The SMILES string of the molecule is COc1ccccc1[C@@H](NC(=O)c1ccc(C)o1)c1noc(C)n1. The summed E-state index contributed by atoms with van der Waals surface area (Å²) in [4.78, 5) is 16.7. The minimum absolute atomic E-state index is 0.215. The summed E-state index contributed by atoms with van der Waals surface area (Å²) in [5, 5.41) is 6.80. The van der Waals surface area contributed by atoms with Crippen molar-refractivity contribution in [2.45, 2.75) is 19.9 Å². The predicted octanol–water partition coefficient (Wildman–Crippen LogP) is 2.81. The van der Waals surface area contributed by atoms with Gasteiger partial charge in [-0.15, -0.1) is 0 Å². The molecule has 0 fully saturated rings. The molecule has 3 aromatic rings. The maximum Gasteiger partial charge on any atom is 0.287 e. The van der Waals surface area contributed by atoms with E-state index in [1.54, 1.807) is 39.2 Å². The summed E-state index contributed by atoms with van der Waals surface area (Å²) in [5.41, 5.74) is 0.720. The number of methoxy groups -OCH3 is 1. The number of ether oxygens (including phenoxy) is 1. The molecule has 1 aromatic carbocycles. The van der Waals surface area contributed by atoms with Crippen molar-refractivity contribution >= 4 is 5.91 Å². The Hall–Kier alpha value is -3.09. The van der Waals surface area contributed by atoms with Crippen molar-refractivity contribution in [3.05, 3.63) is 65.2 Å². The van der Waals surface area contributed by atoms with Crippen molar-refractivity contribution in [2.75, 3.05) is 7.11 Å². The number of carbonyl (C=O) groups excluding carboxylic acids is 1. The molecular formula is C17H17N3O4. The molecule has 24 heavy (non-hydrogen) atoms. The highest BCUT2D eigenvalue weighted by atomic mass is 16.5. The second-order valence-corrected chi connectivity index (χ2v) is 5.23. The van der Waals surface area contributed by atoms with Crippen molar-refractivity contribution in [3.63, 3.8) is 0 Å². The average molecular weight is 327 g/mol. The normalized spacial score (nSPS) is 12.0. The van der Waals surface area contributed by atoms with Crippen LogP contribution in [-0.2, 0) is 0 Å². The van der Waals surface area contributed by atoms with Crippen LogP contribution in [0.1, 0.15) is 39.6 Å². The van der Waals surface area contributed by atoms with E-state index in [4.69, 9.17) is 13.7 Å². The van der Waals surface area contributed by atoms with Crippen LogP contribution in [0.3, 0.4) is 0 Å². The number of hydrogen-bond donors (Lipinski definition) is 1. The van der Waals surface area contributed by atoms with Crippen molar-refractivity contribution < 1.29 is 18.5 Å². The zero-order chi connectivity index (χ0) is 17.1. The topological polar surface area (TPSA) is 90.4 Å². The van der Waals surface area contributed by atoms with Gasteiger partial charge in [-0.3, -0.25) is 4.79 Å². The fraction of sp³-hybridized carbons (Fsp3) is 0.235. The Balaban J connectivity index is 1.98.